The summed E-state index contributed by atoms with van der Waals surface area (Å²) in [4.78, 5) is 0. The highest BCUT2D eigenvalue weighted by atomic mass is 19.1. The number of nitriles is 1. The fourth-order valence-corrected chi connectivity index (χ4v) is 3.14. The molecule has 0 amide bonds. The molecule has 0 atom stereocenters. The standard InChI is InChI=1S/C22H21F2N3O3/c1-13-17(11-25)21(27-26-13)15-5-6-20(29-2)16(10-15)12-30-22-18(23)8-14(4-3-7-28)9-19(22)24/h5-6,8-10,28H,3-4,7,12H2,1-2H3,(H,26,27). The molecule has 0 bridgehead atoms. The quantitative estimate of drug-likeness (QED) is 0.581. The molecule has 0 aliphatic carbocycles. The first kappa shape index (κ1) is 21.3. The third-order valence-corrected chi connectivity index (χ3v) is 4.67. The van der Waals surface area contributed by atoms with E-state index in [1.54, 1.807) is 25.1 Å². The van der Waals surface area contributed by atoms with Gasteiger partial charge in [-0.1, -0.05) is 0 Å². The monoisotopic (exact) mass is 413 g/mol. The van der Waals surface area contributed by atoms with Gasteiger partial charge in [-0.15, -0.1) is 0 Å². The number of aromatic amines is 1. The molecule has 0 saturated heterocycles. The Morgan fingerprint density at radius 1 is 1.20 bits per heavy atom. The van der Waals surface area contributed by atoms with Crippen LogP contribution in [0.3, 0.4) is 0 Å². The van der Waals surface area contributed by atoms with Crippen LogP contribution < -0.4 is 9.47 Å². The van der Waals surface area contributed by atoms with Crippen LogP contribution in [0.4, 0.5) is 8.78 Å². The Morgan fingerprint density at radius 2 is 1.93 bits per heavy atom. The summed E-state index contributed by atoms with van der Waals surface area (Å²) < 4.78 is 39.5. The number of aryl methyl sites for hydroxylation is 2. The smallest absolute Gasteiger partial charge is 0.191 e. The number of ether oxygens (including phenoxy) is 2. The second-order valence-corrected chi connectivity index (χ2v) is 6.72. The maximum absolute atomic E-state index is 14.4. The van der Waals surface area contributed by atoms with E-state index in [1.807, 2.05) is 0 Å². The lowest BCUT2D eigenvalue weighted by molar-refractivity contribution is 0.267. The Bertz CT molecular complexity index is 1070. The van der Waals surface area contributed by atoms with Crippen molar-refractivity contribution in [3.8, 4) is 28.8 Å². The van der Waals surface area contributed by atoms with Crippen LogP contribution in [0.5, 0.6) is 11.5 Å². The second kappa shape index (κ2) is 9.37. The molecule has 156 valence electrons. The molecule has 0 aliphatic rings. The summed E-state index contributed by atoms with van der Waals surface area (Å²) in [6, 6.07) is 9.65. The van der Waals surface area contributed by atoms with Gasteiger partial charge >= 0.3 is 0 Å². The van der Waals surface area contributed by atoms with Crippen molar-refractivity contribution in [2.75, 3.05) is 13.7 Å². The zero-order valence-electron chi connectivity index (χ0n) is 16.6. The van der Waals surface area contributed by atoms with Gasteiger partial charge in [0.15, 0.2) is 17.4 Å². The van der Waals surface area contributed by atoms with Gasteiger partial charge in [-0.25, -0.2) is 8.78 Å². The molecule has 1 aromatic heterocycles. The lowest BCUT2D eigenvalue weighted by Gasteiger charge is -2.13. The van der Waals surface area contributed by atoms with Crippen LogP contribution in [0.2, 0.25) is 0 Å². The van der Waals surface area contributed by atoms with Gasteiger partial charge in [0.1, 0.15) is 29.7 Å². The number of hydrogen-bond donors (Lipinski definition) is 2. The van der Waals surface area contributed by atoms with Crippen LogP contribution in [-0.2, 0) is 13.0 Å². The number of aliphatic hydroxyl groups is 1. The highest BCUT2D eigenvalue weighted by Crippen LogP contribution is 2.31. The molecule has 0 fully saturated rings. The number of halogens is 2. The number of aromatic nitrogens is 2. The number of hydrogen-bond acceptors (Lipinski definition) is 5. The largest absolute Gasteiger partial charge is 0.496 e. The minimum atomic E-state index is -0.812. The third-order valence-electron chi connectivity index (χ3n) is 4.67. The van der Waals surface area contributed by atoms with Crippen LogP contribution in [0.25, 0.3) is 11.3 Å². The van der Waals surface area contributed by atoms with E-state index < -0.39 is 17.4 Å². The van der Waals surface area contributed by atoms with Crippen molar-refractivity contribution in [2.24, 2.45) is 0 Å². The van der Waals surface area contributed by atoms with Gasteiger partial charge in [-0.05, 0) is 55.7 Å². The Labute approximate surface area is 172 Å². The molecular formula is C22H21F2N3O3. The van der Waals surface area contributed by atoms with Gasteiger partial charge in [0.05, 0.1) is 12.8 Å². The van der Waals surface area contributed by atoms with Crippen LogP contribution in [0.1, 0.15) is 28.8 Å². The van der Waals surface area contributed by atoms with Crippen LogP contribution in [0.15, 0.2) is 30.3 Å². The van der Waals surface area contributed by atoms with E-state index in [0.29, 0.717) is 52.2 Å². The van der Waals surface area contributed by atoms with Gasteiger partial charge in [-0.2, -0.15) is 10.4 Å². The normalized spacial score (nSPS) is 10.7. The molecule has 0 spiro atoms. The van der Waals surface area contributed by atoms with Crippen LogP contribution >= 0.6 is 0 Å². The summed E-state index contributed by atoms with van der Waals surface area (Å²) >= 11 is 0. The Balaban J connectivity index is 1.87. The number of benzene rings is 2. The van der Waals surface area contributed by atoms with Crippen molar-refractivity contribution in [3.63, 3.8) is 0 Å². The minimum Gasteiger partial charge on any atom is -0.496 e. The van der Waals surface area contributed by atoms with Gasteiger partial charge in [0, 0.05) is 17.7 Å². The van der Waals surface area contributed by atoms with E-state index >= 15 is 0 Å². The van der Waals surface area contributed by atoms with Crippen LogP contribution in [-0.4, -0.2) is 29.0 Å². The molecule has 3 rings (SSSR count). The zero-order valence-corrected chi connectivity index (χ0v) is 16.6. The average Bonchev–Trinajstić information content (AvgIpc) is 3.11. The summed E-state index contributed by atoms with van der Waals surface area (Å²) in [5.74, 6) is -1.63. The molecule has 0 radical (unpaired) electrons. The number of methoxy groups -OCH3 is 1. The molecule has 0 saturated carbocycles. The molecule has 0 unspecified atom stereocenters. The van der Waals surface area contributed by atoms with Crippen molar-refractivity contribution < 1.29 is 23.4 Å². The number of nitrogens with one attached hydrogen (secondary N) is 1. The molecule has 3 aromatic rings. The average molecular weight is 413 g/mol. The molecule has 1 heterocycles. The first-order valence-corrected chi connectivity index (χ1v) is 9.32. The van der Waals surface area contributed by atoms with Gasteiger partial charge in [-0.3, -0.25) is 5.10 Å². The van der Waals surface area contributed by atoms with Gasteiger partial charge in [0.2, 0.25) is 0 Å². The van der Waals surface area contributed by atoms with Gasteiger partial charge in [0.25, 0.3) is 0 Å². The van der Waals surface area contributed by atoms with E-state index in [0.717, 1.165) is 0 Å². The second-order valence-electron chi connectivity index (χ2n) is 6.72. The fraction of sp³-hybridized carbons (Fsp3) is 0.273. The first-order valence-electron chi connectivity index (χ1n) is 9.32. The third kappa shape index (κ3) is 4.42. The lowest BCUT2D eigenvalue weighted by atomic mass is 10.0. The summed E-state index contributed by atoms with van der Waals surface area (Å²) in [6.07, 6.45) is 0.783. The van der Waals surface area contributed by atoms with Crippen molar-refractivity contribution in [1.29, 1.82) is 5.26 Å². The van der Waals surface area contributed by atoms with Crippen molar-refractivity contribution in [1.82, 2.24) is 10.2 Å². The Hall–Kier alpha value is -3.44. The lowest BCUT2D eigenvalue weighted by Crippen LogP contribution is -2.03. The van der Waals surface area contributed by atoms with E-state index in [2.05, 4.69) is 16.3 Å². The highest BCUT2D eigenvalue weighted by Gasteiger charge is 2.17. The number of H-pyrrole nitrogens is 1. The maximum atomic E-state index is 14.4. The number of aliphatic hydroxyl groups excluding tert-OH is 1. The van der Waals surface area contributed by atoms with E-state index in [9.17, 15) is 14.0 Å². The van der Waals surface area contributed by atoms with E-state index in [1.165, 1.54) is 19.2 Å². The topological polar surface area (TPSA) is 91.2 Å². The first-order chi connectivity index (χ1) is 14.5. The predicted octanol–water partition coefficient (Wildman–Crippen LogP) is 4.05. The minimum absolute atomic E-state index is 0.0549. The molecule has 30 heavy (non-hydrogen) atoms. The predicted molar refractivity (Wildman–Crippen MR) is 106 cm³/mol. The molecule has 6 nitrogen and oxygen atoms in total. The summed E-state index contributed by atoms with van der Waals surface area (Å²) in [5, 5.41) is 25.2. The summed E-state index contributed by atoms with van der Waals surface area (Å²) in [5.41, 5.74) is 3.18. The fourth-order valence-electron chi connectivity index (χ4n) is 3.14. The molecule has 8 heteroatoms. The molecule has 2 aromatic carbocycles. The molecular weight excluding hydrogens is 392 g/mol. The SMILES string of the molecule is COc1ccc(-c2n[nH]c(C)c2C#N)cc1COc1c(F)cc(CCCO)cc1F. The number of nitrogens with zero attached hydrogens (tertiary/aromatic N) is 2. The summed E-state index contributed by atoms with van der Waals surface area (Å²) in [6.45, 7) is 1.55. The highest BCUT2D eigenvalue weighted by molar-refractivity contribution is 5.69. The van der Waals surface area contributed by atoms with Crippen molar-refractivity contribution in [2.45, 2.75) is 26.4 Å². The zero-order chi connectivity index (χ0) is 21.7. The van der Waals surface area contributed by atoms with E-state index in [4.69, 9.17) is 14.6 Å². The van der Waals surface area contributed by atoms with Gasteiger partial charge < -0.3 is 14.6 Å². The Kier molecular flexibility index (Phi) is 6.65. The van der Waals surface area contributed by atoms with Crippen molar-refractivity contribution >= 4 is 0 Å². The Morgan fingerprint density at radius 3 is 2.57 bits per heavy atom. The molecule has 0 aliphatic heterocycles. The van der Waals surface area contributed by atoms with E-state index in [-0.39, 0.29) is 13.2 Å². The molecule has 2 N–H and O–H groups in total. The van der Waals surface area contributed by atoms with Crippen molar-refractivity contribution in [3.05, 3.63) is 64.4 Å². The maximum Gasteiger partial charge on any atom is 0.191 e. The number of rotatable bonds is 8. The van der Waals surface area contributed by atoms with Crippen LogP contribution in [0, 0.1) is 29.9 Å². The summed E-state index contributed by atoms with van der Waals surface area (Å²) in [7, 11) is 1.48.